The fraction of sp³-hybridized carbons (Fsp3) is 0.118. The van der Waals surface area contributed by atoms with Crippen LogP contribution in [-0.4, -0.2) is 28.0 Å². The Morgan fingerprint density at radius 2 is 1.88 bits per heavy atom. The van der Waals surface area contributed by atoms with Crippen molar-refractivity contribution < 1.29 is 18.7 Å². The number of ether oxygens (including phenoxy) is 1. The van der Waals surface area contributed by atoms with Gasteiger partial charge in [-0.2, -0.15) is 0 Å². The van der Waals surface area contributed by atoms with Gasteiger partial charge in [-0.1, -0.05) is 12.1 Å². The van der Waals surface area contributed by atoms with Crippen molar-refractivity contribution in [1.29, 1.82) is 0 Å². The first-order valence-electron chi connectivity index (χ1n) is 7.23. The van der Waals surface area contributed by atoms with Crippen LogP contribution in [0, 0.1) is 5.82 Å². The first kappa shape index (κ1) is 15.7. The van der Waals surface area contributed by atoms with Gasteiger partial charge in [-0.3, -0.25) is 9.59 Å². The lowest BCUT2D eigenvalue weighted by atomic mass is 10.3. The number of aromatic nitrogens is 2. The summed E-state index contributed by atoms with van der Waals surface area (Å²) >= 11 is 0. The summed E-state index contributed by atoms with van der Waals surface area (Å²) in [5.41, 5.74) is 2.02. The molecule has 1 heterocycles. The van der Waals surface area contributed by atoms with E-state index in [-0.39, 0.29) is 6.54 Å². The van der Waals surface area contributed by atoms with Gasteiger partial charge in [0.15, 0.2) is 6.61 Å². The van der Waals surface area contributed by atoms with Crippen molar-refractivity contribution in [3.63, 3.8) is 0 Å². The molecule has 6 nitrogen and oxygen atoms in total. The van der Waals surface area contributed by atoms with E-state index in [2.05, 4.69) is 10.3 Å². The van der Waals surface area contributed by atoms with E-state index in [1.165, 1.54) is 24.3 Å². The molecule has 0 aliphatic rings. The second-order valence-electron chi connectivity index (χ2n) is 5.08. The number of rotatable bonds is 5. The zero-order valence-electron chi connectivity index (χ0n) is 12.6. The summed E-state index contributed by atoms with van der Waals surface area (Å²) in [6, 6.07) is 12.7. The highest BCUT2D eigenvalue weighted by Gasteiger charge is 2.10. The second kappa shape index (κ2) is 6.91. The minimum absolute atomic E-state index is 0.0374. The van der Waals surface area contributed by atoms with Crippen LogP contribution in [0.25, 0.3) is 11.0 Å². The maximum Gasteiger partial charge on any atom is 0.326 e. The summed E-state index contributed by atoms with van der Waals surface area (Å²) in [7, 11) is 0. The predicted molar refractivity (Wildman–Crippen MR) is 85.7 cm³/mol. The quantitative estimate of drug-likeness (QED) is 0.730. The predicted octanol–water partition coefficient (Wildman–Crippen LogP) is 2.36. The molecule has 0 fully saturated rings. The van der Waals surface area contributed by atoms with Gasteiger partial charge in [-0.05, 0) is 36.4 Å². The third-order valence-electron chi connectivity index (χ3n) is 3.32. The molecule has 3 rings (SSSR count). The highest BCUT2D eigenvalue weighted by Crippen LogP contribution is 2.12. The van der Waals surface area contributed by atoms with Crippen LogP contribution in [0.1, 0.15) is 0 Å². The number of hydrogen-bond acceptors (Lipinski definition) is 4. The Morgan fingerprint density at radius 3 is 2.67 bits per heavy atom. The van der Waals surface area contributed by atoms with Gasteiger partial charge in [0.05, 0.1) is 17.4 Å². The van der Waals surface area contributed by atoms with Crippen molar-refractivity contribution in [2.45, 2.75) is 6.54 Å². The molecule has 122 valence electrons. The van der Waals surface area contributed by atoms with Crippen LogP contribution >= 0.6 is 0 Å². The molecule has 24 heavy (non-hydrogen) atoms. The fourth-order valence-corrected chi connectivity index (χ4v) is 2.20. The number of anilines is 1. The lowest BCUT2D eigenvalue weighted by Gasteiger charge is -2.07. The Bertz CT molecular complexity index is 874. The number of esters is 1. The minimum Gasteiger partial charge on any atom is -0.454 e. The van der Waals surface area contributed by atoms with Gasteiger partial charge in [0.1, 0.15) is 12.4 Å². The number of carbonyl (C=O) groups is 2. The molecule has 0 spiro atoms. The molecule has 0 saturated heterocycles. The number of halogens is 1. The zero-order valence-corrected chi connectivity index (χ0v) is 12.6. The highest BCUT2D eigenvalue weighted by atomic mass is 19.1. The van der Waals surface area contributed by atoms with Crippen LogP contribution in [0.2, 0.25) is 0 Å². The SMILES string of the molecule is O=C(COC(=O)Cn1cnc2ccccc21)Nc1ccc(F)cc1. The van der Waals surface area contributed by atoms with Crippen LogP contribution in [0.3, 0.4) is 0 Å². The van der Waals surface area contributed by atoms with Crippen molar-refractivity contribution in [3.05, 3.63) is 60.7 Å². The molecule has 0 aliphatic heterocycles. The number of hydrogen-bond donors (Lipinski definition) is 1. The van der Waals surface area contributed by atoms with Gasteiger partial charge in [-0.15, -0.1) is 0 Å². The Hall–Kier alpha value is -3.22. The van der Waals surface area contributed by atoms with Gasteiger partial charge < -0.3 is 14.6 Å². The molecule has 1 aromatic heterocycles. The molecule has 0 unspecified atom stereocenters. The van der Waals surface area contributed by atoms with Gasteiger partial charge in [0.2, 0.25) is 0 Å². The topological polar surface area (TPSA) is 73.2 Å². The molecule has 0 atom stereocenters. The molecule has 2 aromatic carbocycles. The van der Waals surface area contributed by atoms with Gasteiger partial charge in [0.25, 0.3) is 5.91 Å². The summed E-state index contributed by atoms with van der Waals surface area (Å²) < 4.78 is 19.4. The maximum absolute atomic E-state index is 12.8. The Kier molecular flexibility index (Phi) is 4.51. The average molecular weight is 327 g/mol. The van der Waals surface area contributed by atoms with E-state index >= 15 is 0 Å². The van der Waals surface area contributed by atoms with Crippen LogP contribution in [0.15, 0.2) is 54.9 Å². The summed E-state index contributed by atoms with van der Waals surface area (Å²) in [6.07, 6.45) is 1.55. The van der Waals surface area contributed by atoms with Gasteiger partial charge in [-0.25, -0.2) is 9.37 Å². The lowest BCUT2D eigenvalue weighted by Crippen LogP contribution is -2.22. The summed E-state index contributed by atoms with van der Waals surface area (Å²) in [4.78, 5) is 27.7. The number of nitrogens with zero attached hydrogens (tertiary/aromatic N) is 2. The van der Waals surface area contributed by atoms with Crippen LogP contribution in [0.5, 0.6) is 0 Å². The van der Waals surface area contributed by atoms with Crippen molar-refractivity contribution in [1.82, 2.24) is 9.55 Å². The highest BCUT2D eigenvalue weighted by molar-refractivity contribution is 5.92. The molecule has 7 heteroatoms. The summed E-state index contributed by atoms with van der Waals surface area (Å²) in [6.45, 7) is -0.451. The van der Waals surface area contributed by atoms with E-state index in [4.69, 9.17) is 4.74 Å². The molecule has 0 bridgehead atoms. The third kappa shape index (κ3) is 3.75. The average Bonchev–Trinajstić information content (AvgIpc) is 2.98. The minimum atomic E-state index is -0.549. The first-order valence-corrected chi connectivity index (χ1v) is 7.23. The molecular formula is C17H14FN3O3. The normalized spacial score (nSPS) is 10.5. The Labute approximate surface area is 136 Å². The second-order valence-corrected chi connectivity index (χ2v) is 5.08. The number of fused-ring (bicyclic) bond motifs is 1. The number of carbonyl (C=O) groups excluding carboxylic acids is 2. The van der Waals surface area contributed by atoms with E-state index in [1.807, 2.05) is 24.3 Å². The van der Waals surface area contributed by atoms with Gasteiger partial charge in [0, 0.05) is 5.69 Å². The van der Waals surface area contributed by atoms with E-state index in [1.54, 1.807) is 10.9 Å². The monoisotopic (exact) mass is 327 g/mol. The number of benzene rings is 2. The molecule has 0 aliphatic carbocycles. The molecule has 3 aromatic rings. The fourth-order valence-electron chi connectivity index (χ4n) is 2.20. The summed E-state index contributed by atoms with van der Waals surface area (Å²) in [5.74, 6) is -1.44. The van der Waals surface area contributed by atoms with E-state index in [9.17, 15) is 14.0 Å². The molecular weight excluding hydrogens is 313 g/mol. The summed E-state index contributed by atoms with van der Waals surface area (Å²) in [5, 5.41) is 2.51. The van der Waals surface area contributed by atoms with Crippen molar-refractivity contribution in [3.8, 4) is 0 Å². The van der Waals surface area contributed by atoms with E-state index in [0.717, 1.165) is 11.0 Å². The largest absolute Gasteiger partial charge is 0.454 e. The number of imidazole rings is 1. The standard InChI is InChI=1S/C17H14FN3O3/c18-12-5-7-13(8-6-12)20-16(22)10-24-17(23)9-21-11-19-14-3-1-2-4-15(14)21/h1-8,11H,9-10H2,(H,20,22). The van der Waals surface area contributed by atoms with Crippen molar-refractivity contribution in [2.24, 2.45) is 0 Å². The maximum atomic E-state index is 12.8. The number of para-hydroxylation sites is 2. The van der Waals surface area contributed by atoms with Crippen molar-refractivity contribution in [2.75, 3.05) is 11.9 Å². The molecule has 1 amide bonds. The van der Waals surface area contributed by atoms with E-state index < -0.39 is 24.3 Å². The lowest BCUT2D eigenvalue weighted by molar-refractivity contribution is -0.147. The van der Waals surface area contributed by atoms with Crippen molar-refractivity contribution >= 4 is 28.6 Å². The molecule has 0 radical (unpaired) electrons. The molecule has 1 N–H and O–H groups in total. The first-order chi connectivity index (χ1) is 11.6. The van der Waals surface area contributed by atoms with E-state index in [0.29, 0.717) is 5.69 Å². The Morgan fingerprint density at radius 1 is 1.12 bits per heavy atom. The third-order valence-corrected chi connectivity index (χ3v) is 3.32. The van der Waals surface area contributed by atoms with Gasteiger partial charge >= 0.3 is 5.97 Å². The Balaban J connectivity index is 1.52. The van der Waals surface area contributed by atoms with Crippen LogP contribution in [0.4, 0.5) is 10.1 Å². The smallest absolute Gasteiger partial charge is 0.326 e. The van der Waals surface area contributed by atoms with Crippen LogP contribution < -0.4 is 5.32 Å². The zero-order chi connectivity index (χ0) is 16.9. The number of amides is 1. The molecule has 0 saturated carbocycles. The number of nitrogens with one attached hydrogen (secondary N) is 1. The van der Waals surface area contributed by atoms with Crippen LogP contribution in [-0.2, 0) is 20.9 Å².